The third-order valence-electron chi connectivity index (χ3n) is 1.85. The molecule has 2 N–H and O–H groups in total. The Morgan fingerprint density at radius 3 is 2.86 bits per heavy atom. The molecule has 0 radical (unpaired) electrons. The van der Waals surface area contributed by atoms with Gasteiger partial charge in [-0.05, 0) is 12.8 Å². The van der Waals surface area contributed by atoms with E-state index in [0.717, 1.165) is 18.9 Å². The van der Waals surface area contributed by atoms with E-state index in [4.69, 9.17) is 10.5 Å². The maximum Gasteiger partial charge on any atom is 0.267 e. The molecule has 1 aromatic rings. The van der Waals surface area contributed by atoms with Crippen LogP contribution in [0.4, 0.5) is 4.39 Å². The van der Waals surface area contributed by atoms with Crippen LogP contribution >= 0.6 is 0 Å². The number of amides is 1. The predicted octanol–water partition coefficient (Wildman–Crippen LogP) is 0.861. The lowest BCUT2D eigenvalue weighted by Gasteiger charge is -2.04. The highest BCUT2D eigenvalue weighted by Crippen LogP contribution is 2.27. The van der Waals surface area contributed by atoms with E-state index in [9.17, 15) is 9.18 Å². The van der Waals surface area contributed by atoms with E-state index in [-0.39, 0.29) is 11.8 Å². The highest BCUT2D eigenvalue weighted by molar-refractivity contribution is 5.91. The summed E-state index contributed by atoms with van der Waals surface area (Å²) in [6, 6.07) is 2.49. The van der Waals surface area contributed by atoms with Gasteiger partial charge in [-0.2, -0.15) is 4.39 Å². The molecule has 4 nitrogen and oxygen atoms in total. The Balaban J connectivity index is 2.25. The van der Waals surface area contributed by atoms with Crippen molar-refractivity contribution >= 4 is 5.91 Å². The Morgan fingerprint density at radius 1 is 1.57 bits per heavy atom. The molecule has 1 aliphatic rings. The smallest absolute Gasteiger partial charge is 0.267 e. The Labute approximate surface area is 79.9 Å². The van der Waals surface area contributed by atoms with E-state index in [2.05, 4.69) is 4.98 Å². The van der Waals surface area contributed by atoms with E-state index >= 15 is 0 Å². The Bertz CT molecular complexity index is 377. The van der Waals surface area contributed by atoms with Gasteiger partial charge in [-0.1, -0.05) is 0 Å². The number of halogens is 1. The average molecular weight is 196 g/mol. The number of pyridine rings is 1. The molecule has 1 fully saturated rings. The zero-order chi connectivity index (χ0) is 10.1. The molecule has 0 unspecified atom stereocenters. The van der Waals surface area contributed by atoms with Gasteiger partial charge in [0.05, 0.1) is 6.10 Å². The van der Waals surface area contributed by atoms with Crippen LogP contribution in [0.15, 0.2) is 12.1 Å². The lowest BCUT2D eigenvalue weighted by Crippen LogP contribution is -2.14. The van der Waals surface area contributed by atoms with Crippen molar-refractivity contribution in [3.05, 3.63) is 23.8 Å². The Morgan fingerprint density at radius 2 is 2.29 bits per heavy atom. The van der Waals surface area contributed by atoms with Crippen molar-refractivity contribution in [1.29, 1.82) is 0 Å². The van der Waals surface area contributed by atoms with E-state index in [0.29, 0.717) is 5.75 Å². The third kappa shape index (κ3) is 1.99. The number of ether oxygens (including phenoxy) is 1. The van der Waals surface area contributed by atoms with Crippen molar-refractivity contribution in [2.75, 3.05) is 0 Å². The van der Waals surface area contributed by atoms with Gasteiger partial charge < -0.3 is 10.5 Å². The molecule has 1 aromatic heterocycles. The van der Waals surface area contributed by atoms with Crippen molar-refractivity contribution in [2.45, 2.75) is 18.9 Å². The maximum atomic E-state index is 12.9. The van der Waals surface area contributed by atoms with Crippen molar-refractivity contribution in [2.24, 2.45) is 5.73 Å². The zero-order valence-electron chi connectivity index (χ0n) is 7.37. The minimum Gasteiger partial charge on any atom is -0.490 e. The lowest BCUT2D eigenvalue weighted by molar-refractivity contribution is 0.0993. The first-order valence-corrected chi connectivity index (χ1v) is 4.29. The van der Waals surface area contributed by atoms with Gasteiger partial charge in [-0.3, -0.25) is 4.79 Å². The van der Waals surface area contributed by atoms with Crippen molar-refractivity contribution in [3.63, 3.8) is 0 Å². The summed E-state index contributed by atoms with van der Waals surface area (Å²) in [6.07, 6.45) is 2.09. The maximum absolute atomic E-state index is 12.9. The van der Waals surface area contributed by atoms with Crippen LogP contribution in [-0.4, -0.2) is 17.0 Å². The first-order valence-electron chi connectivity index (χ1n) is 4.29. The summed E-state index contributed by atoms with van der Waals surface area (Å²) in [5, 5.41) is 0. The van der Waals surface area contributed by atoms with Crippen LogP contribution in [0.1, 0.15) is 23.3 Å². The van der Waals surface area contributed by atoms with Crippen molar-refractivity contribution in [1.82, 2.24) is 4.98 Å². The quantitative estimate of drug-likeness (QED) is 0.729. The fourth-order valence-corrected chi connectivity index (χ4v) is 1.05. The number of aromatic nitrogens is 1. The predicted molar refractivity (Wildman–Crippen MR) is 46.4 cm³/mol. The largest absolute Gasteiger partial charge is 0.490 e. The fourth-order valence-electron chi connectivity index (χ4n) is 1.05. The summed E-state index contributed by atoms with van der Waals surface area (Å²) in [5.74, 6) is -1.20. The summed E-state index contributed by atoms with van der Waals surface area (Å²) in [5.41, 5.74) is 4.86. The number of hydrogen-bond donors (Lipinski definition) is 1. The van der Waals surface area contributed by atoms with Crippen LogP contribution in [0.5, 0.6) is 5.75 Å². The molecule has 0 spiro atoms. The highest BCUT2D eigenvalue weighted by atomic mass is 19.1. The number of carbonyl (C=O) groups excluding carboxylic acids is 1. The highest BCUT2D eigenvalue weighted by Gasteiger charge is 2.24. The molecule has 1 aliphatic carbocycles. The van der Waals surface area contributed by atoms with Crippen LogP contribution in [0.3, 0.4) is 0 Å². The van der Waals surface area contributed by atoms with E-state index in [1.807, 2.05) is 0 Å². The third-order valence-corrected chi connectivity index (χ3v) is 1.85. The molecule has 1 saturated carbocycles. The normalized spacial score (nSPS) is 15.2. The fraction of sp³-hybridized carbons (Fsp3) is 0.333. The Hall–Kier alpha value is -1.65. The van der Waals surface area contributed by atoms with Gasteiger partial charge in [-0.15, -0.1) is 0 Å². The van der Waals surface area contributed by atoms with Gasteiger partial charge in [0.1, 0.15) is 11.4 Å². The van der Waals surface area contributed by atoms with Gasteiger partial charge in [0.25, 0.3) is 5.91 Å². The van der Waals surface area contributed by atoms with Gasteiger partial charge in [0.2, 0.25) is 5.95 Å². The molecule has 1 amide bonds. The molecule has 1 heterocycles. The molecule has 74 valence electrons. The summed E-state index contributed by atoms with van der Waals surface area (Å²) in [4.78, 5) is 14.1. The van der Waals surface area contributed by atoms with Gasteiger partial charge in [0, 0.05) is 12.1 Å². The molecular weight excluding hydrogens is 187 g/mol. The van der Waals surface area contributed by atoms with Crippen molar-refractivity contribution < 1.29 is 13.9 Å². The number of carbonyl (C=O) groups is 1. The topological polar surface area (TPSA) is 65.2 Å². The van der Waals surface area contributed by atoms with Crippen LogP contribution in [0, 0.1) is 5.95 Å². The number of nitrogens with two attached hydrogens (primary N) is 1. The summed E-state index contributed by atoms with van der Waals surface area (Å²) in [6.45, 7) is 0. The molecule has 0 atom stereocenters. The summed E-state index contributed by atoms with van der Waals surface area (Å²) >= 11 is 0. The lowest BCUT2D eigenvalue weighted by atomic mass is 10.3. The molecule has 14 heavy (non-hydrogen) atoms. The minimum atomic E-state index is -0.759. The van der Waals surface area contributed by atoms with Crippen LogP contribution in [0.25, 0.3) is 0 Å². The van der Waals surface area contributed by atoms with E-state index in [1.54, 1.807) is 0 Å². The number of hydrogen-bond acceptors (Lipinski definition) is 3. The van der Waals surface area contributed by atoms with Crippen LogP contribution in [0.2, 0.25) is 0 Å². The first kappa shape index (κ1) is 8.93. The second-order valence-corrected chi connectivity index (χ2v) is 3.19. The Kier molecular flexibility index (Phi) is 2.07. The molecular formula is C9H9FN2O2. The molecule has 2 rings (SSSR count). The van der Waals surface area contributed by atoms with Crippen LogP contribution in [-0.2, 0) is 0 Å². The molecule has 5 heteroatoms. The molecule has 0 aromatic carbocycles. The number of primary amides is 1. The van der Waals surface area contributed by atoms with Crippen molar-refractivity contribution in [3.8, 4) is 5.75 Å². The SMILES string of the molecule is NC(=O)c1cc(OC2CC2)cc(F)n1. The summed E-state index contributed by atoms with van der Waals surface area (Å²) < 4.78 is 18.2. The summed E-state index contributed by atoms with van der Waals surface area (Å²) in [7, 11) is 0. The average Bonchev–Trinajstić information content (AvgIpc) is 2.87. The van der Waals surface area contributed by atoms with Gasteiger partial charge in [-0.25, -0.2) is 4.98 Å². The standard InChI is InChI=1S/C9H9FN2O2/c10-8-4-6(14-5-1-2-5)3-7(12-8)9(11)13/h3-5H,1-2H2,(H2,11,13). The monoisotopic (exact) mass is 196 g/mol. The van der Waals surface area contributed by atoms with E-state index < -0.39 is 11.9 Å². The minimum absolute atomic E-state index is 0.111. The van der Waals surface area contributed by atoms with Gasteiger partial charge in [0.15, 0.2) is 0 Å². The van der Waals surface area contributed by atoms with E-state index in [1.165, 1.54) is 6.07 Å². The number of rotatable bonds is 3. The first-order chi connectivity index (χ1) is 6.65. The number of nitrogens with zero attached hydrogens (tertiary/aromatic N) is 1. The van der Waals surface area contributed by atoms with Crippen LogP contribution < -0.4 is 10.5 Å². The second kappa shape index (κ2) is 3.25. The second-order valence-electron chi connectivity index (χ2n) is 3.19. The van der Waals surface area contributed by atoms with Gasteiger partial charge >= 0.3 is 0 Å². The zero-order valence-corrected chi connectivity index (χ0v) is 7.37. The molecule has 0 saturated heterocycles. The molecule has 0 aliphatic heterocycles. The molecule has 0 bridgehead atoms.